The Morgan fingerprint density at radius 3 is 2.55 bits per heavy atom. The summed E-state index contributed by atoms with van der Waals surface area (Å²) in [4.78, 5) is 23.1. The van der Waals surface area contributed by atoms with Crippen molar-refractivity contribution in [2.75, 3.05) is 0 Å². The van der Waals surface area contributed by atoms with Gasteiger partial charge in [-0.05, 0) is 19.4 Å². The predicted molar refractivity (Wildman–Crippen MR) is 76.9 cm³/mol. The van der Waals surface area contributed by atoms with E-state index in [-0.39, 0.29) is 17.8 Å². The first-order valence-electron chi connectivity index (χ1n) is 6.44. The molecule has 0 aliphatic rings. The Morgan fingerprint density at radius 1 is 1.20 bits per heavy atom. The van der Waals surface area contributed by atoms with Crippen molar-refractivity contribution in [3.63, 3.8) is 0 Å². The van der Waals surface area contributed by atoms with Gasteiger partial charge in [0.15, 0.2) is 5.75 Å². The zero-order valence-electron chi connectivity index (χ0n) is 11.6. The zero-order chi connectivity index (χ0) is 14.5. The maximum atomic E-state index is 11.9. The van der Waals surface area contributed by atoms with Crippen LogP contribution >= 0.6 is 0 Å². The van der Waals surface area contributed by atoms with Crippen LogP contribution in [0.5, 0.6) is 5.75 Å². The largest absolute Gasteiger partial charge is 0.483 e. The van der Waals surface area contributed by atoms with Crippen LogP contribution < -0.4 is 10.2 Å². The minimum atomic E-state index is -0.168. The summed E-state index contributed by atoms with van der Waals surface area (Å²) in [7, 11) is 0. The smallest absolute Gasteiger partial charge is 0.223 e. The van der Waals surface area contributed by atoms with E-state index in [2.05, 4.69) is 0 Å². The van der Waals surface area contributed by atoms with E-state index in [1.807, 2.05) is 30.3 Å². The van der Waals surface area contributed by atoms with Gasteiger partial charge in [0.2, 0.25) is 5.43 Å². The lowest BCUT2D eigenvalue weighted by molar-refractivity contribution is -0.117. The molecular formula is C16H17NO3. The molecule has 0 amide bonds. The van der Waals surface area contributed by atoms with E-state index in [0.29, 0.717) is 18.1 Å². The normalized spacial score (nSPS) is 10.3. The number of nitrogens with zero attached hydrogens (tertiary/aromatic N) is 1. The molecule has 2 rings (SSSR count). The second-order valence-electron chi connectivity index (χ2n) is 4.70. The van der Waals surface area contributed by atoms with Crippen LogP contribution in [0.25, 0.3) is 0 Å². The Balaban J connectivity index is 2.22. The second kappa shape index (κ2) is 6.19. The third-order valence-electron chi connectivity index (χ3n) is 3.01. The molecule has 0 bridgehead atoms. The number of Topliss-reactive ketones (excluding diaryl/α,β-unsaturated/α-hetero) is 1. The minimum absolute atomic E-state index is 0.0331. The topological polar surface area (TPSA) is 48.3 Å². The molecule has 20 heavy (non-hydrogen) atoms. The standard InChI is InChI=1S/C16H17NO3/c1-12(18)10-17-9-8-15(19)16(13(17)2)20-11-14-6-4-3-5-7-14/h3-9H,10-11H2,1-2H3. The van der Waals surface area contributed by atoms with Crippen LogP contribution in [0.4, 0.5) is 0 Å². The molecule has 1 heterocycles. The summed E-state index contributed by atoms with van der Waals surface area (Å²) in [6, 6.07) is 11.1. The van der Waals surface area contributed by atoms with Gasteiger partial charge in [0.05, 0.1) is 12.2 Å². The Labute approximate surface area is 117 Å². The van der Waals surface area contributed by atoms with Gasteiger partial charge in [-0.1, -0.05) is 30.3 Å². The fraction of sp³-hybridized carbons (Fsp3) is 0.250. The Bertz CT molecular complexity index is 659. The van der Waals surface area contributed by atoms with Crippen molar-refractivity contribution >= 4 is 5.78 Å². The summed E-state index contributed by atoms with van der Waals surface area (Å²) in [5.74, 6) is 0.336. The molecule has 0 atom stereocenters. The molecule has 0 saturated heterocycles. The van der Waals surface area contributed by atoms with E-state index in [4.69, 9.17) is 4.74 Å². The number of hydrogen-bond acceptors (Lipinski definition) is 3. The molecule has 0 unspecified atom stereocenters. The van der Waals surface area contributed by atoms with E-state index < -0.39 is 0 Å². The molecule has 0 radical (unpaired) electrons. The molecule has 0 fully saturated rings. The number of carbonyl (C=O) groups excluding carboxylic acids is 1. The van der Waals surface area contributed by atoms with Crippen LogP contribution in [0.3, 0.4) is 0 Å². The monoisotopic (exact) mass is 271 g/mol. The van der Waals surface area contributed by atoms with Gasteiger partial charge in [-0.25, -0.2) is 0 Å². The molecule has 0 spiro atoms. The van der Waals surface area contributed by atoms with Crippen LogP contribution in [-0.2, 0) is 17.9 Å². The quantitative estimate of drug-likeness (QED) is 0.838. The summed E-state index contributed by atoms with van der Waals surface area (Å²) in [5, 5.41) is 0. The molecule has 2 aromatic rings. The SMILES string of the molecule is CC(=O)Cn1ccc(=O)c(OCc2ccccc2)c1C. The summed E-state index contributed by atoms with van der Waals surface area (Å²) in [6.45, 7) is 3.88. The predicted octanol–water partition coefficient (Wildman–Crippen LogP) is 2.32. The Kier molecular flexibility index (Phi) is 4.35. The van der Waals surface area contributed by atoms with Gasteiger partial charge in [0.25, 0.3) is 0 Å². The van der Waals surface area contributed by atoms with Crippen molar-refractivity contribution in [2.45, 2.75) is 27.0 Å². The highest BCUT2D eigenvalue weighted by Crippen LogP contribution is 2.14. The number of benzene rings is 1. The van der Waals surface area contributed by atoms with Crippen LogP contribution in [0, 0.1) is 6.92 Å². The maximum Gasteiger partial charge on any atom is 0.223 e. The zero-order valence-corrected chi connectivity index (χ0v) is 11.6. The molecular weight excluding hydrogens is 254 g/mol. The first-order valence-corrected chi connectivity index (χ1v) is 6.44. The van der Waals surface area contributed by atoms with E-state index >= 15 is 0 Å². The summed E-state index contributed by atoms with van der Waals surface area (Å²) < 4.78 is 7.36. The van der Waals surface area contributed by atoms with Crippen LogP contribution in [0.15, 0.2) is 47.4 Å². The number of ketones is 1. The van der Waals surface area contributed by atoms with E-state index in [9.17, 15) is 9.59 Å². The van der Waals surface area contributed by atoms with Gasteiger partial charge < -0.3 is 9.30 Å². The third-order valence-corrected chi connectivity index (χ3v) is 3.01. The van der Waals surface area contributed by atoms with Gasteiger partial charge in [0.1, 0.15) is 12.4 Å². The van der Waals surface area contributed by atoms with Gasteiger partial charge in [-0.2, -0.15) is 0 Å². The Hall–Kier alpha value is -2.36. The van der Waals surface area contributed by atoms with Crippen LogP contribution in [0.2, 0.25) is 0 Å². The molecule has 104 valence electrons. The lowest BCUT2D eigenvalue weighted by atomic mass is 10.2. The molecule has 0 aliphatic carbocycles. The van der Waals surface area contributed by atoms with E-state index in [1.54, 1.807) is 17.7 Å². The van der Waals surface area contributed by atoms with Crippen molar-refractivity contribution in [2.24, 2.45) is 0 Å². The first-order chi connectivity index (χ1) is 9.58. The average Bonchev–Trinajstić information content (AvgIpc) is 2.43. The number of carbonyl (C=O) groups is 1. The molecule has 1 aromatic heterocycles. The van der Waals surface area contributed by atoms with Crippen molar-refractivity contribution in [3.8, 4) is 5.75 Å². The third kappa shape index (κ3) is 3.35. The molecule has 0 saturated carbocycles. The van der Waals surface area contributed by atoms with Gasteiger partial charge in [-0.3, -0.25) is 9.59 Å². The number of aromatic nitrogens is 1. The molecule has 0 aliphatic heterocycles. The summed E-state index contributed by atoms with van der Waals surface area (Å²) >= 11 is 0. The fourth-order valence-electron chi connectivity index (χ4n) is 1.97. The Morgan fingerprint density at radius 2 is 1.90 bits per heavy atom. The number of rotatable bonds is 5. The first kappa shape index (κ1) is 14.1. The van der Waals surface area contributed by atoms with Crippen molar-refractivity contribution in [1.82, 2.24) is 4.57 Å². The lowest BCUT2D eigenvalue weighted by Crippen LogP contribution is -2.17. The van der Waals surface area contributed by atoms with Gasteiger partial charge in [0, 0.05) is 12.3 Å². The van der Waals surface area contributed by atoms with Crippen molar-refractivity contribution in [3.05, 3.63) is 64.1 Å². The highest BCUT2D eigenvalue weighted by Gasteiger charge is 2.09. The minimum Gasteiger partial charge on any atom is -0.483 e. The maximum absolute atomic E-state index is 11.9. The van der Waals surface area contributed by atoms with E-state index in [1.165, 1.54) is 13.0 Å². The van der Waals surface area contributed by atoms with Gasteiger partial charge in [-0.15, -0.1) is 0 Å². The van der Waals surface area contributed by atoms with Crippen molar-refractivity contribution < 1.29 is 9.53 Å². The fourth-order valence-corrected chi connectivity index (χ4v) is 1.97. The van der Waals surface area contributed by atoms with Crippen LogP contribution in [-0.4, -0.2) is 10.4 Å². The molecule has 1 aromatic carbocycles. The molecule has 0 N–H and O–H groups in total. The highest BCUT2D eigenvalue weighted by atomic mass is 16.5. The van der Waals surface area contributed by atoms with E-state index in [0.717, 1.165) is 5.56 Å². The summed E-state index contributed by atoms with van der Waals surface area (Å²) in [5.41, 5.74) is 1.50. The number of hydrogen-bond donors (Lipinski definition) is 0. The summed E-state index contributed by atoms with van der Waals surface area (Å²) in [6.07, 6.45) is 1.62. The van der Waals surface area contributed by atoms with Gasteiger partial charge >= 0.3 is 0 Å². The average molecular weight is 271 g/mol. The van der Waals surface area contributed by atoms with Crippen LogP contribution in [0.1, 0.15) is 18.2 Å². The number of ether oxygens (including phenoxy) is 1. The molecule has 4 heteroatoms. The van der Waals surface area contributed by atoms with Crippen molar-refractivity contribution in [1.29, 1.82) is 0 Å². The highest BCUT2D eigenvalue weighted by molar-refractivity contribution is 5.75. The lowest BCUT2D eigenvalue weighted by Gasteiger charge is -2.13. The second-order valence-corrected chi connectivity index (χ2v) is 4.70. The molecule has 4 nitrogen and oxygen atoms in total. The number of pyridine rings is 1.